The molecule has 2 amide bonds. The molecule has 0 aromatic heterocycles. The van der Waals surface area contributed by atoms with Crippen molar-refractivity contribution in [2.75, 3.05) is 0 Å². The van der Waals surface area contributed by atoms with Crippen molar-refractivity contribution in [1.29, 1.82) is 0 Å². The molecule has 0 radical (unpaired) electrons. The summed E-state index contributed by atoms with van der Waals surface area (Å²) >= 11 is 12.0. The molecular weight excluding hydrogens is 323 g/mol. The molecule has 0 spiro atoms. The highest BCUT2D eigenvalue weighted by atomic mass is 35.5. The van der Waals surface area contributed by atoms with Gasteiger partial charge in [0.25, 0.3) is 0 Å². The van der Waals surface area contributed by atoms with Gasteiger partial charge in [0.2, 0.25) is 11.8 Å². The first kappa shape index (κ1) is 15.6. The quantitative estimate of drug-likeness (QED) is 0.882. The molecular formula is C16H18Cl2N2O2. The molecule has 0 saturated heterocycles. The van der Waals surface area contributed by atoms with Gasteiger partial charge in [-0.15, -0.1) is 0 Å². The predicted molar refractivity (Wildman–Crippen MR) is 85.3 cm³/mol. The van der Waals surface area contributed by atoms with Gasteiger partial charge in [0, 0.05) is 0 Å². The smallest absolute Gasteiger partial charge is 0.225 e. The minimum atomic E-state index is -0.897. The summed E-state index contributed by atoms with van der Waals surface area (Å²) in [4.78, 5) is 24.3. The maximum atomic E-state index is 12.3. The predicted octanol–water partition coefficient (Wildman–Crippen LogP) is 2.54. The second kappa shape index (κ2) is 5.43. The Hall–Kier alpha value is -1.26. The highest BCUT2D eigenvalue weighted by Crippen LogP contribution is 2.60. The van der Waals surface area contributed by atoms with E-state index >= 15 is 0 Å². The van der Waals surface area contributed by atoms with Gasteiger partial charge in [0.05, 0.1) is 21.4 Å². The van der Waals surface area contributed by atoms with Gasteiger partial charge in [0.15, 0.2) is 0 Å². The molecule has 6 heteroatoms. The number of hydrogen-bond donors (Lipinski definition) is 2. The standard InChI is InChI=1S/C16H18Cl2N2O2/c17-11-4-1-8(5-12(11)18)7-16(15(20)22)10-3-2-9(6-10)13(16)14(19)21/h1,4-5,9-10,13H,2-3,6-7H2,(H2,19,21)(H2,20,22). The van der Waals surface area contributed by atoms with Crippen molar-refractivity contribution >= 4 is 35.0 Å². The SMILES string of the molecule is NC(=O)C1C2CCC(C2)C1(Cc1ccc(Cl)c(Cl)c1)C(N)=O. The maximum Gasteiger partial charge on any atom is 0.225 e. The molecule has 3 rings (SSSR count). The zero-order valence-electron chi connectivity index (χ0n) is 12.0. The Morgan fingerprint density at radius 3 is 2.50 bits per heavy atom. The van der Waals surface area contributed by atoms with Crippen LogP contribution in [0.4, 0.5) is 0 Å². The minimum Gasteiger partial charge on any atom is -0.369 e. The van der Waals surface area contributed by atoms with Crippen molar-refractivity contribution in [2.45, 2.75) is 25.7 Å². The number of amides is 2. The van der Waals surface area contributed by atoms with E-state index in [2.05, 4.69) is 0 Å². The number of primary amides is 2. The summed E-state index contributed by atoms with van der Waals surface area (Å²) in [5.41, 5.74) is 11.3. The van der Waals surface area contributed by atoms with E-state index in [-0.39, 0.29) is 11.8 Å². The van der Waals surface area contributed by atoms with Crippen LogP contribution in [0.15, 0.2) is 18.2 Å². The van der Waals surface area contributed by atoms with Gasteiger partial charge in [-0.2, -0.15) is 0 Å². The lowest BCUT2D eigenvalue weighted by molar-refractivity contribution is -0.142. The average Bonchev–Trinajstić information content (AvgIpc) is 3.02. The topological polar surface area (TPSA) is 86.2 Å². The highest BCUT2D eigenvalue weighted by Gasteiger charge is 2.63. The monoisotopic (exact) mass is 340 g/mol. The lowest BCUT2D eigenvalue weighted by Crippen LogP contribution is -2.53. The molecule has 0 heterocycles. The number of carbonyl (C=O) groups excluding carboxylic acids is 2. The number of halogens is 2. The third-order valence-corrected chi connectivity index (χ3v) is 6.21. The first-order valence-corrected chi connectivity index (χ1v) is 8.15. The first-order valence-electron chi connectivity index (χ1n) is 7.39. The summed E-state index contributed by atoms with van der Waals surface area (Å²) in [5, 5.41) is 0.885. The summed E-state index contributed by atoms with van der Waals surface area (Å²) in [6.07, 6.45) is 3.08. The van der Waals surface area contributed by atoms with E-state index < -0.39 is 23.1 Å². The number of benzene rings is 1. The van der Waals surface area contributed by atoms with Crippen LogP contribution in [0.2, 0.25) is 10.0 Å². The second-order valence-corrected chi connectivity index (χ2v) is 7.29. The van der Waals surface area contributed by atoms with Crippen LogP contribution in [-0.2, 0) is 16.0 Å². The van der Waals surface area contributed by atoms with Gasteiger partial charge in [-0.25, -0.2) is 0 Å². The van der Waals surface area contributed by atoms with E-state index in [0.29, 0.717) is 16.5 Å². The fourth-order valence-electron chi connectivity index (χ4n) is 4.63. The Morgan fingerprint density at radius 1 is 1.18 bits per heavy atom. The van der Waals surface area contributed by atoms with Gasteiger partial charge < -0.3 is 11.5 Å². The van der Waals surface area contributed by atoms with Gasteiger partial charge in [0.1, 0.15) is 0 Å². The Bertz CT molecular complexity index is 649. The van der Waals surface area contributed by atoms with Crippen molar-refractivity contribution in [1.82, 2.24) is 0 Å². The number of carbonyl (C=O) groups is 2. The van der Waals surface area contributed by atoms with E-state index in [0.717, 1.165) is 24.8 Å². The number of hydrogen-bond acceptors (Lipinski definition) is 2. The van der Waals surface area contributed by atoms with E-state index in [1.807, 2.05) is 6.07 Å². The Balaban J connectivity index is 2.03. The van der Waals surface area contributed by atoms with E-state index in [4.69, 9.17) is 34.7 Å². The molecule has 2 saturated carbocycles. The van der Waals surface area contributed by atoms with Crippen LogP contribution in [0.5, 0.6) is 0 Å². The molecule has 2 fully saturated rings. The minimum absolute atomic E-state index is 0.113. The Labute approximate surface area is 139 Å². The van der Waals surface area contributed by atoms with E-state index in [1.54, 1.807) is 12.1 Å². The molecule has 2 aliphatic carbocycles. The third-order valence-electron chi connectivity index (χ3n) is 5.47. The first-order chi connectivity index (χ1) is 10.4. The van der Waals surface area contributed by atoms with Crippen molar-refractivity contribution in [3.63, 3.8) is 0 Å². The van der Waals surface area contributed by atoms with Crippen molar-refractivity contribution in [2.24, 2.45) is 34.6 Å². The molecule has 2 aliphatic rings. The van der Waals surface area contributed by atoms with Crippen LogP contribution in [0.25, 0.3) is 0 Å². The summed E-state index contributed by atoms with van der Waals surface area (Å²) in [5.74, 6) is -1.07. The lowest BCUT2D eigenvalue weighted by atomic mass is 9.62. The summed E-state index contributed by atoms with van der Waals surface area (Å²) in [7, 11) is 0. The summed E-state index contributed by atoms with van der Waals surface area (Å²) in [6, 6.07) is 5.25. The molecule has 4 unspecified atom stereocenters. The van der Waals surface area contributed by atoms with Crippen LogP contribution < -0.4 is 11.5 Å². The lowest BCUT2D eigenvalue weighted by Gasteiger charge is -2.40. The second-order valence-electron chi connectivity index (χ2n) is 6.48. The summed E-state index contributed by atoms with van der Waals surface area (Å²) < 4.78 is 0. The molecule has 0 aliphatic heterocycles. The number of rotatable bonds is 4. The Morgan fingerprint density at radius 2 is 1.91 bits per heavy atom. The van der Waals surface area contributed by atoms with E-state index in [1.165, 1.54) is 0 Å². The molecule has 2 bridgehead atoms. The molecule has 22 heavy (non-hydrogen) atoms. The van der Waals surface area contributed by atoms with Gasteiger partial charge >= 0.3 is 0 Å². The molecule has 4 atom stereocenters. The van der Waals surface area contributed by atoms with Crippen LogP contribution >= 0.6 is 23.2 Å². The zero-order chi connectivity index (χ0) is 16.1. The highest BCUT2D eigenvalue weighted by molar-refractivity contribution is 6.42. The fourth-order valence-corrected chi connectivity index (χ4v) is 4.95. The van der Waals surface area contributed by atoms with Crippen molar-refractivity contribution in [3.05, 3.63) is 33.8 Å². The van der Waals surface area contributed by atoms with Gasteiger partial charge in [-0.1, -0.05) is 29.3 Å². The molecule has 4 nitrogen and oxygen atoms in total. The largest absolute Gasteiger partial charge is 0.369 e. The Kier molecular flexibility index (Phi) is 3.86. The summed E-state index contributed by atoms with van der Waals surface area (Å²) in [6.45, 7) is 0. The van der Waals surface area contributed by atoms with Crippen LogP contribution in [0.1, 0.15) is 24.8 Å². The molecule has 118 valence electrons. The number of fused-ring (bicyclic) bond motifs is 2. The van der Waals surface area contributed by atoms with Crippen LogP contribution in [-0.4, -0.2) is 11.8 Å². The van der Waals surface area contributed by atoms with Gasteiger partial charge in [-0.3, -0.25) is 9.59 Å². The van der Waals surface area contributed by atoms with Crippen LogP contribution in [0.3, 0.4) is 0 Å². The molecule has 1 aromatic carbocycles. The molecule has 4 N–H and O–H groups in total. The van der Waals surface area contributed by atoms with Crippen LogP contribution in [0, 0.1) is 23.2 Å². The number of nitrogens with two attached hydrogens (primary N) is 2. The fraction of sp³-hybridized carbons (Fsp3) is 0.500. The maximum absolute atomic E-state index is 12.3. The van der Waals surface area contributed by atoms with Crippen molar-refractivity contribution in [3.8, 4) is 0 Å². The van der Waals surface area contributed by atoms with Crippen molar-refractivity contribution < 1.29 is 9.59 Å². The molecule has 1 aromatic rings. The van der Waals surface area contributed by atoms with Gasteiger partial charge in [-0.05, 0) is 55.2 Å². The third kappa shape index (κ3) is 2.20. The van der Waals surface area contributed by atoms with E-state index in [9.17, 15) is 9.59 Å². The normalized spacial score (nSPS) is 33.1. The zero-order valence-corrected chi connectivity index (χ0v) is 13.5. The average molecular weight is 341 g/mol.